The molecule has 0 bridgehead atoms. The Morgan fingerprint density at radius 2 is 1.71 bits per heavy atom. The number of urea groups is 1. The Labute approximate surface area is 179 Å². The maximum absolute atomic E-state index is 14.0. The molecule has 0 spiro atoms. The molecule has 2 saturated heterocycles. The van der Waals surface area contributed by atoms with Crippen LogP contribution >= 0.6 is 0 Å². The monoisotopic (exact) mass is 426 g/mol. The lowest BCUT2D eigenvalue weighted by Crippen LogP contribution is -2.51. The molecular formula is C22H23FN4O4. The van der Waals surface area contributed by atoms with Crippen LogP contribution in [0, 0.1) is 5.82 Å². The highest BCUT2D eigenvalue weighted by atomic mass is 19.1. The van der Waals surface area contributed by atoms with Gasteiger partial charge in [-0.2, -0.15) is 0 Å². The first-order chi connectivity index (χ1) is 15.1. The van der Waals surface area contributed by atoms with Crippen molar-refractivity contribution < 1.29 is 23.5 Å². The number of carbonyl (C=O) groups is 2. The fourth-order valence-electron chi connectivity index (χ4n) is 4.19. The number of rotatable bonds is 4. The summed E-state index contributed by atoms with van der Waals surface area (Å²) in [6, 6.07) is 11.9. The van der Waals surface area contributed by atoms with Crippen LogP contribution < -0.4 is 19.3 Å². The third-order valence-corrected chi connectivity index (χ3v) is 5.91. The van der Waals surface area contributed by atoms with Crippen molar-refractivity contribution in [3.8, 4) is 11.5 Å². The number of hydrogen-bond acceptors (Lipinski definition) is 5. The Morgan fingerprint density at radius 1 is 0.935 bits per heavy atom. The van der Waals surface area contributed by atoms with Crippen LogP contribution in [0.1, 0.15) is 0 Å². The molecule has 3 amide bonds. The highest BCUT2D eigenvalue weighted by Crippen LogP contribution is 2.36. The zero-order valence-corrected chi connectivity index (χ0v) is 17.0. The first-order valence-electron chi connectivity index (χ1n) is 10.3. The summed E-state index contributed by atoms with van der Waals surface area (Å²) in [6.45, 7) is 3.33. The summed E-state index contributed by atoms with van der Waals surface area (Å²) in [5, 5.41) is 0. The first kappa shape index (κ1) is 19.5. The number of benzene rings is 2. The van der Waals surface area contributed by atoms with E-state index in [9.17, 15) is 14.0 Å². The molecule has 0 radical (unpaired) electrons. The standard InChI is InChI=1S/C22H23FN4O4/c23-17-3-1-2-4-18(17)24-7-9-25(10-8-24)21(28)14-26-11-12-27(22(26)29)16-5-6-19-20(13-16)31-15-30-19/h1-6,13H,7-12,14-15H2. The molecule has 8 nitrogen and oxygen atoms in total. The third-order valence-electron chi connectivity index (χ3n) is 5.91. The van der Waals surface area contributed by atoms with E-state index < -0.39 is 0 Å². The molecule has 2 fully saturated rings. The molecule has 3 aliphatic rings. The molecule has 0 atom stereocenters. The second kappa shape index (κ2) is 7.98. The maximum Gasteiger partial charge on any atom is 0.325 e. The van der Waals surface area contributed by atoms with Gasteiger partial charge in [-0.25, -0.2) is 9.18 Å². The highest BCUT2D eigenvalue weighted by molar-refractivity contribution is 5.96. The summed E-state index contributed by atoms with van der Waals surface area (Å²) < 4.78 is 24.7. The number of fused-ring (bicyclic) bond motifs is 1. The van der Waals surface area contributed by atoms with Crippen molar-refractivity contribution in [2.24, 2.45) is 0 Å². The molecule has 0 aromatic heterocycles. The number of amides is 3. The molecule has 0 aliphatic carbocycles. The van der Waals surface area contributed by atoms with Crippen LogP contribution in [0.25, 0.3) is 0 Å². The van der Waals surface area contributed by atoms with Gasteiger partial charge in [0.05, 0.1) is 5.69 Å². The Balaban J connectivity index is 1.17. The fraction of sp³-hybridized carbons (Fsp3) is 0.364. The van der Waals surface area contributed by atoms with E-state index in [0.717, 1.165) is 5.69 Å². The smallest absolute Gasteiger partial charge is 0.325 e. The van der Waals surface area contributed by atoms with Gasteiger partial charge in [-0.3, -0.25) is 9.69 Å². The molecular weight excluding hydrogens is 403 g/mol. The predicted molar refractivity (Wildman–Crippen MR) is 112 cm³/mol. The van der Waals surface area contributed by atoms with Crippen molar-refractivity contribution in [1.29, 1.82) is 0 Å². The van der Waals surface area contributed by atoms with Gasteiger partial charge in [-0.15, -0.1) is 0 Å². The second-order valence-electron chi connectivity index (χ2n) is 7.71. The zero-order valence-electron chi connectivity index (χ0n) is 17.0. The molecule has 0 unspecified atom stereocenters. The van der Waals surface area contributed by atoms with Gasteiger partial charge in [0.2, 0.25) is 12.7 Å². The predicted octanol–water partition coefficient (Wildman–Crippen LogP) is 2.15. The summed E-state index contributed by atoms with van der Waals surface area (Å²) in [6.07, 6.45) is 0. The molecule has 0 saturated carbocycles. The number of hydrogen-bond donors (Lipinski definition) is 0. The Hall–Kier alpha value is -3.49. The SMILES string of the molecule is O=C(CN1CCN(c2ccc3c(c2)OCO3)C1=O)N1CCN(c2ccccc2F)CC1. The normalized spacial score (nSPS) is 18.2. The van der Waals surface area contributed by atoms with Crippen LogP contribution in [0.15, 0.2) is 42.5 Å². The van der Waals surface area contributed by atoms with Crippen molar-refractivity contribution >= 4 is 23.3 Å². The number of carbonyl (C=O) groups excluding carboxylic acids is 2. The number of nitrogens with zero attached hydrogens (tertiary/aromatic N) is 4. The number of halogens is 1. The van der Waals surface area contributed by atoms with E-state index in [-0.39, 0.29) is 31.1 Å². The van der Waals surface area contributed by atoms with Gasteiger partial charge in [-0.1, -0.05) is 12.1 Å². The third kappa shape index (κ3) is 3.71. The molecule has 31 heavy (non-hydrogen) atoms. The van der Waals surface area contributed by atoms with Crippen LogP contribution in [0.4, 0.5) is 20.6 Å². The van der Waals surface area contributed by atoms with E-state index >= 15 is 0 Å². The molecule has 9 heteroatoms. The molecule has 3 heterocycles. The number of para-hydroxylation sites is 1. The van der Waals surface area contributed by atoms with Gasteiger partial charge in [0.25, 0.3) is 0 Å². The Bertz CT molecular complexity index is 1010. The van der Waals surface area contributed by atoms with E-state index in [2.05, 4.69) is 0 Å². The minimum Gasteiger partial charge on any atom is -0.454 e. The van der Waals surface area contributed by atoms with E-state index in [0.29, 0.717) is 56.5 Å². The number of anilines is 2. The fourth-order valence-corrected chi connectivity index (χ4v) is 4.19. The lowest BCUT2D eigenvalue weighted by Gasteiger charge is -2.36. The molecule has 3 aliphatic heterocycles. The van der Waals surface area contributed by atoms with Crippen molar-refractivity contribution in [1.82, 2.24) is 9.80 Å². The summed E-state index contributed by atoms with van der Waals surface area (Å²) >= 11 is 0. The van der Waals surface area contributed by atoms with Crippen molar-refractivity contribution in [3.05, 3.63) is 48.3 Å². The minimum absolute atomic E-state index is 0.0413. The summed E-state index contributed by atoms with van der Waals surface area (Å²) in [7, 11) is 0. The first-order valence-corrected chi connectivity index (χ1v) is 10.3. The summed E-state index contributed by atoms with van der Waals surface area (Å²) in [5.74, 6) is 0.937. The molecule has 2 aromatic rings. The highest BCUT2D eigenvalue weighted by Gasteiger charge is 2.33. The van der Waals surface area contributed by atoms with E-state index in [1.807, 2.05) is 11.0 Å². The van der Waals surface area contributed by atoms with Gasteiger partial charge in [0.15, 0.2) is 11.5 Å². The average molecular weight is 426 g/mol. The van der Waals surface area contributed by atoms with Gasteiger partial charge in [0.1, 0.15) is 12.4 Å². The number of piperazine rings is 1. The Morgan fingerprint density at radius 3 is 2.52 bits per heavy atom. The van der Waals surface area contributed by atoms with Crippen molar-refractivity contribution in [3.63, 3.8) is 0 Å². The van der Waals surface area contributed by atoms with Crippen LogP contribution in [0.3, 0.4) is 0 Å². The van der Waals surface area contributed by atoms with Gasteiger partial charge in [0, 0.05) is 51.0 Å². The molecule has 0 N–H and O–H groups in total. The molecule has 2 aromatic carbocycles. The zero-order chi connectivity index (χ0) is 21.4. The quantitative estimate of drug-likeness (QED) is 0.750. The van der Waals surface area contributed by atoms with E-state index in [1.165, 1.54) is 6.07 Å². The summed E-state index contributed by atoms with van der Waals surface area (Å²) in [4.78, 5) is 32.5. The van der Waals surface area contributed by atoms with E-state index in [4.69, 9.17) is 9.47 Å². The van der Waals surface area contributed by atoms with Gasteiger partial charge >= 0.3 is 6.03 Å². The van der Waals surface area contributed by atoms with Crippen LogP contribution in [0.2, 0.25) is 0 Å². The van der Waals surface area contributed by atoms with Gasteiger partial charge in [-0.05, 0) is 24.3 Å². The van der Waals surface area contributed by atoms with Crippen molar-refractivity contribution in [2.75, 3.05) is 62.4 Å². The number of ether oxygens (including phenoxy) is 2. The summed E-state index contributed by atoms with van der Waals surface area (Å²) in [5.41, 5.74) is 1.28. The molecule has 162 valence electrons. The Kier molecular flexibility index (Phi) is 5.01. The van der Waals surface area contributed by atoms with E-state index in [1.54, 1.807) is 45.0 Å². The van der Waals surface area contributed by atoms with Crippen LogP contribution in [-0.2, 0) is 4.79 Å². The lowest BCUT2D eigenvalue weighted by molar-refractivity contribution is -0.131. The van der Waals surface area contributed by atoms with Gasteiger partial charge < -0.3 is 24.2 Å². The topological polar surface area (TPSA) is 65.6 Å². The average Bonchev–Trinajstić information content (AvgIpc) is 3.40. The second-order valence-corrected chi connectivity index (χ2v) is 7.71. The van der Waals surface area contributed by atoms with Crippen LogP contribution in [0.5, 0.6) is 11.5 Å². The largest absolute Gasteiger partial charge is 0.454 e. The van der Waals surface area contributed by atoms with Crippen LogP contribution in [-0.4, -0.2) is 74.3 Å². The van der Waals surface area contributed by atoms with Crippen molar-refractivity contribution in [2.45, 2.75) is 0 Å². The molecule has 5 rings (SSSR count). The maximum atomic E-state index is 14.0. The minimum atomic E-state index is -0.256. The lowest BCUT2D eigenvalue weighted by atomic mass is 10.2.